The Morgan fingerprint density at radius 2 is 1.32 bits per heavy atom. The van der Waals surface area contributed by atoms with Gasteiger partial charge in [-0.05, 0) is 49.4 Å². The second kappa shape index (κ2) is 8.86. The van der Waals surface area contributed by atoms with Crippen molar-refractivity contribution in [1.82, 2.24) is 9.55 Å². The average molecular weight is 493 g/mol. The summed E-state index contributed by atoms with van der Waals surface area (Å²) in [7, 11) is 0. The number of hydrogen-bond acceptors (Lipinski definition) is 2. The number of hydrogen-bond donors (Lipinski definition) is 0. The van der Waals surface area contributed by atoms with E-state index in [1.807, 2.05) is 6.07 Å². The van der Waals surface area contributed by atoms with E-state index in [0.717, 1.165) is 61.6 Å². The maximum absolute atomic E-state index is 6.48. The van der Waals surface area contributed by atoms with Gasteiger partial charge in [0.2, 0.25) is 5.71 Å². The first-order valence-electron chi connectivity index (χ1n) is 12.8. The number of furan rings is 1. The van der Waals surface area contributed by atoms with Gasteiger partial charge in [-0.25, -0.2) is 4.98 Å². The summed E-state index contributed by atoms with van der Waals surface area (Å²) in [5, 5.41) is 2.09. The molecule has 0 aliphatic heterocycles. The second-order valence-corrected chi connectivity index (χ2v) is 9.56. The van der Waals surface area contributed by atoms with E-state index in [1.54, 1.807) is 6.20 Å². The summed E-state index contributed by atoms with van der Waals surface area (Å²) in [5.41, 5.74) is 9.30. The second-order valence-electron chi connectivity index (χ2n) is 9.56. The minimum absolute atomic E-state index is 0.652. The van der Waals surface area contributed by atoms with Crippen molar-refractivity contribution in [2.24, 2.45) is 0 Å². The van der Waals surface area contributed by atoms with Gasteiger partial charge in [-0.15, -0.1) is 0 Å². The molecule has 38 heavy (non-hydrogen) atoms. The van der Waals surface area contributed by atoms with Crippen LogP contribution in [0.25, 0.3) is 56.1 Å². The summed E-state index contributed by atoms with van der Waals surface area (Å²) in [6.45, 7) is 4.35. The lowest BCUT2D eigenvalue weighted by molar-refractivity contribution is -0.588. The highest BCUT2D eigenvalue weighted by Crippen LogP contribution is 2.37. The SMILES string of the molecule is Cc1ccc2c(oc3ncccc32)c1-[n+]1c(C)c(-c2ccccc2)n(-c2ccccc2)c1-c1ccccc1. The first-order valence-corrected chi connectivity index (χ1v) is 12.8. The molecule has 0 amide bonds. The average Bonchev–Trinajstić information content (AvgIpc) is 3.49. The number of fused-ring (bicyclic) bond motifs is 3. The van der Waals surface area contributed by atoms with Crippen LogP contribution >= 0.6 is 0 Å². The van der Waals surface area contributed by atoms with Crippen LogP contribution in [0.1, 0.15) is 11.3 Å². The van der Waals surface area contributed by atoms with Gasteiger partial charge in [0.1, 0.15) is 5.69 Å². The summed E-state index contributed by atoms with van der Waals surface area (Å²) in [6.07, 6.45) is 1.78. The zero-order valence-corrected chi connectivity index (χ0v) is 21.3. The van der Waals surface area contributed by atoms with E-state index in [9.17, 15) is 0 Å². The molecule has 0 saturated heterocycles. The van der Waals surface area contributed by atoms with E-state index in [-0.39, 0.29) is 0 Å². The predicted octanol–water partition coefficient (Wildman–Crippen LogP) is 8.00. The van der Waals surface area contributed by atoms with Gasteiger partial charge >= 0.3 is 0 Å². The van der Waals surface area contributed by atoms with Gasteiger partial charge < -0.3 is 4.42 Å². The quantitative estimate of drug-likeness (QED) is 0.233. The monoisotopic (exact) mass is 492 g/mol. The molecule has 0 atom stereocenters. The minimum Gasteiger partial charge on any atom is -0.433 e. The summed E-state index contributed by atoms with van der Waals surface area (Å²) in [5.74, 6) is 1.07. The van der Waals surface area contributed by atoms with Crippen molar-refractivity contribution < 1.29 is 8.98 Å². The molecule has 182 valence electrons. The molecule has 4 heteroatoms. The Labute approximate surface area is 221 Å². The molecular formula is C34H26N3O+. The molecule has 7 rings (SSSR count). The molecule has 7 aromatic rings. The number of para-hydroxylation sites is 1. The Bertz CT molecular complexity index is 1920. The highest BCUT2D eigenvalue weighted by atomic mass is 16.3. The Morgan fingerprint density at radius 3 is 2.03 bits per heavy atom. The zero-order valence-electron chi connectivity index (χ0n) is 21.3. The van der Waals surface area contributed by atoms with Crippen LogP contribution in [0.2, 0.25) is 0 Å². The highest BCUT2D eigenvalue weighted by Gasteiger charge is 2.35. The number of pyridine rings is 1. The molecule has 4 nitrogen and oxygen atoms in total. The lowest BCUT2D eigenvalue weighted by atomic mass is 10.1. The molecule has 0 saturated carbocycles. The molecule has 0 fully saturated rings. The van der Waals surface area contributed by atoms with E-state index >= 15 is 0 Å². The maximum Gasteiger partial charge on any atom is 0.300 e. The van der Waals surface area contributed by atoms with Gasteiger partial charge in [0, 0.05) is 35.0 Å². The standard InChI is InChI=1S/C34H26N3O/c1-23-20-21-28-29-19-12-22-35-33(29)38-32(28)30(23)36-24(2)31(25-13-6-3-7-14-25)37(27-17-10-5-11-18-27)34(36)26-15-8-4-9-16-26/h3-22H,1-2H3/q+1. The van der Waals surface area contributed by atoms with Crippen LogP contribution < -0.4 is 4.57 Å². The Balaban J connectivity index is 1.69. The third kappa shape index (κ3) is 3.38. The third-order valence-corrected chi connectivity index (χ3v) is 7.24. The van der Waals surface area contributed by atoms with Crippen molar-refractivity contribution in [3.8, 4) is 34.0 Å². The summed E-state index contributed by atoms with van der Waals surface area (Å²) in [4.78, 5) is 4.52. The molecule has 4 aromatic carbocycles. The Kier molecular flexibility index (Phi) is 5.19. The zero-order chi connectivity index (χ0) is 25.6. The van der Waals surface area contributed by atoms with Crippen LogP contribution in [0.3, 0.4) is 0 Å². The van der Waals surface area contributed by atoms with E-state index in [4.69, 9.17) is 4.42 Å². The first kappa shape index (κ1) is 22.3. The fourth-order valence-corrected chi connectivity index (χ4v) is 5.55. The van der Waals surface area contributed by atoms with Crippen LogP contribution in [0.15, 0.2) is 126 Å². The largest absolute Gasteiger partial charge is 0.433 e. The number of aromatic nitrogens is 3. The van der Waals surface area contributed by atoms with Crippen LogP contribution in [0, 0.1) is 13.8 Å². The van der Waals surface area contributed by atoms with Crippen molar-refractivity contribution in [2.45, 2.75) is 13.8 Å². The van der Waals surface area contributed by atoms with Gasteiger partial charge in [0.05, 0.1) is 5.56 Å². The van der Waals surface area contributed by atoms with Crippen molar-refractivity contribution in [2.75, 3.05) is 0 Å². The predicted molar refractivity (Wildman–Crippen MR) is 153 cm³/mol. The lowest BCUT2D eigenvalue weighted by Gasteiger charge is -2.09. The maximum atomic E-state index is 6.48. The van der Waals surface area contributed by atoms with Crippen molar-refractivity contribution in [3.05, 3.63) is 133 Å². The molecule has 3 heterocycles. The van der Waals surface area contributed by atoms with Gasteiger partial charge in [0.15, 0.2) is 22.7 Å². The van der Waals surface area contributed by atoms with Crippen molar-refractivity contribution in [3.63, 3.8) is 0 Å². The first-order chi connectivity index (χ1) is 18.7. The smallest absolute Gasteiger partial charge is 0.300 e. The summed E-state index contributed by atoms with van der Waals surface area (Å²) >= 11 is 0. The molecule has 0 radical (unpaired) electrons. The Hall–Kier alpha value is -4.96. The molecule has 0 aliphatic carbocycles. The normalized spacial score (nSPS) is 11.4. The highest BCUT2D eigenvalue weighted by molar-refractivity contribution is 6.06. The molecule has 0 spiro atoms. The van der Waals surface area contributed by atoms with Crippen molar-refractivity contribution >= 4 is 22.1 Å². The Morgan fingerprint density at radius 1 is 0.658 bits per heavy atom. The number of aryl methyl sites for hydroxylation is 1. The summed E-state index contributed by atoms with van der Waals surface area (Å²) < 4.78 is 11.2. The number of nitrogens with zero attached hydrogens (tertiary/aromatic N) is 3. The van der Waals surface area contributed by atoms with Gasteiger partial charge in [-0.2, -0.15) is 9.13 Å². The van der Waals surface area contributed by atoms with Crippen LogP contribution in [-0.2, 0) is 0 Å². The third-order valence-electron chi connectivity index (χ3n) is 7.24. The number of benzene rings is 4. The van der Waals surface area contributed by atoms with Crippen LogP contribution in [0.4, 0.5) is 0 Å². The summed E-state index contributed by atoms with van der Waals surface area (Å²) in [6, 6.07) is 40.2. The van der Waals surface area contributed by atoms with Crippen LogP contribution in [-0.4, -0.2) is 9.55 Å². The van der Waals surface area contributed by atoms with Gasteiger partial charge in [-0.1, -0.05) is 72.8 Å². The molecule has 0 bridgehead atoms. The fourth-order valence-electron chi connectivity index (χ4n) is 5.55. The molecule has 0 aliphatic rings. The topological polar surface area (TPSA) is 34.8 Å². The fraction of sp³-hybridized carbons (Fsp3) is 0.0588. The molecule has 0 N–H and O–H groups in total. The lowest BCUT2D eigenvalue weighted by Crippen LogP contribution is -2.36. The number of rotatable bonds is 4. The molecule has 0 unspecified atom stereocenters. The minimum atomic E-state index is 0.652. The van der Waals surface area contributed by atoms with E-state index < -0.39 is 0 Å². The van der Waals surface area contributed by atoms with Gasteiger partial charge in [-0.3, -0.25) is 0 Å². The van der Waals surface area contributed by atoms with E-state index in [1.165, 1.54) is 0 Å². The van der Waals surface area contributed by atoms with Gasteiger partial charge in [0.25, 0.3) is 5.82 Å². The van der Waals surface area contributed by atoms with E-state index in [2.05, 4.69) is 137 Å². The number of imidazole rings is 1. The molecule has 3 aromatic heterocycles. The van der Waals surface area contributed by atoms with E-state index in [0.29, 0.717) is 5.71 Å². The van der Waals surface area contributed by atoms with Crippen LogP contribution in [0.5, 0.6) is 0 Å². The van der Waals surface area contributed by atoms with Crippen molar-refractivity contribution in [1.29, 1.82) is 0 Å². The molecular weight excluding hydrogens is 466 g/mol.